The molecule has 20 heavy (non-hydrogen) atoms. The third kappa shape index (κ3) is 3.21. The van der Waals surface area contributed by atoms with E-state index in [1.165, 1.54) is 18.2 Å². The van der Waals surface area contributed by atoms with Crippen molar-refractivity contribution < 1.29 is 13.2 Å². The Hall–Kier alpha value is -0.920. The number of hydrogen-bond donors (Lipinski definition) is 1. The van der Waals surface area contributed by atoms with Gasteiger partial charge in [0.1, 0.15) is 0 Å². The van der Waals surface area contributed by atoms with Crippen LogP contribution in [-0.4, -0.2) is 32.3 Å². The SMILES string of the molecule is CN(C(=O)c1cc(S(N)(=O)=O)ccc1Br)C1CCCC1. The fourth-order valence-corrected chi connectivity index (χ4v) is 3.45. The quantitative estimate of drug-likeness (QED) is 0.895. The zero-order valence-corrected chi connectivity index (χ0v) is 13.6. The fourth-order valence-electron chi connectivity index (χ4n) is 2.49. The van der Waals surface area contributed by atoms with Crippen molar-refractivity contribution in [2.45, 2.75) is 36.6 Å². The first-order valence-electron chi connectivity index (χ1n) is 6.40. The number of nitrogens with two attached hydrogens (primary N) is 1. The number of nitrogens with zero attached hydrogens (tertiary/aromatic N) is 1. The first-order valence-corrected chi connectivity index (χ1v) is 8.74. The molecule has 0 heterocycles. The molecule has 7 heteroatoms. The Morgan fingerprint density at radius 1 is 1.35 bits per heavy atom. The number of hydrogen-bond acceptors (Lipinski definition) is 3. The van der Waals surface area contributed by atoms with E-state index in [2.05, 4.69) is 15.9 Å². The molecule has 5 nitrogen and oxygen atoms in total. The number of halogens is 1. The molecule has 1 aliphatic rings. The molecular formula is C13H17BrN2O3S. The van der Waals surface area contributed by atoms with Crippen LogP contribution in [0.2, 0.25) is 0 Å². The third-order valence-corrected chi connectivity index (χ3v) is 5.29. The topological polar surface area (TPSA) is 80.5 Å². The lowest BCUT2D eigenvalue weighted by molar-refractivity contribution is 0.0734. The number of amides is 1. The van der Waals surface area contributed by atoms with Gasteiger partial charge in [-0.15, -0.1) is 0 Å². The zero-order valence-electron chi connectivity index (χ0n) is 11.2. The maximum absolute atomic E-state index is 12.5. The van der Waals surface area contributed by atoms with Crippen LogP contribution in [-0.2, 0) is 10.0 Å². The van der Waals surface area contributed by atoms with E-state index in [0.29, 0.717) is 10.0 Å². The molecule has 1 aromatic carbocycles. The van der Waals surface area contributed by atoms with Gasteiger partial charge in [-0.25, -0.2) is 13.6 Å². The van der Waals surface area contributed by atoms with Gasteiger partial charge in [0.2, 0.25) is 10.0 Å². The average molecular weight is 361 g/mol. The molecule has 0 atom stereocenters. The summed E-state index contributed by atoms with van der Waals surface area (Å²) in [6.07, 6.45) is 4.24. The highest BCUT2D eigenvalue weighted by molar-refractivity contribution is 9.10. The molecule has 1 amide bonds. The fraction of sp³-hybridized carbons (Fsp3) is 0.462. The Balaban J connectivity index is 2.33. The van der Waals surface area contributed by atoms with Gasteiger partial charge in [0.05, 0.1) is 10.5 Å². The van der Waals surface area contributed by atoms with E-state index in [9.17, 15) is 13.2 Å². The molecule has 1 aromatic rings. The molecule has 0 aliphatic heterocycles. The summed E-state index contributed by atoms with van der Waals surface area (Å²) in [6, 6.07) is 4.47. The molecule has 2 rings (SSSR count). The van der Waals surface area contributed by atoms with Crippen molar-refractivity contribution in [1.82, 2.24) is 4.90 Å². The highest BCUT2D eigenvalue weighted by Gasteiger charge is 2.26. The minimum absolute atomic E-state index is 0.0520. The first-order chi connectivity index (χ1) is 9.30. The van der Waals surface area contributed by atoms with E-state index in [-0.39, 0.29) is 16.8 Å². The van der Waals surface area contributed by atoms with Crippen LogP contribution in [0.1, 0.15) is 36.0 Å². The van der Waals surface area contributed by atoms with Gasteiger partial charge in [0, 0.05) is 17.6 Å². The van der Waals surface area contributed by atoms with Crippen LogP contribution in [0.3, 0.4) is 0 Å². The summed E-state index contributed by atoms with van der Waals surface area (Å²) in [4.78, 5) is 14.1. The first kappa shape index (κ1) is 15.5. The summed E-state index contributed by atoms with van der Waals surface area (Å²) in [5.41, 5.74) is 0.325. The van der Waals surface area contributed by atoms with Crippen LogP contribution in [0.25, 0.3) is 0 Å². The van der Waals surface area contributed by atoms with Crippen LogP contribution >= 0.6 is 15.9 Å². The summed E-state index contributed by atoms with van der Waals surface area (Å²) in [6.45, 7) is 0. The van der Waals surface area contributed by atoms with Gasteiger partial charge in [-0.2, -0.15) is 0 Å². The standard InChI is InChI=1S/C13H17BrN2O3S/c1-16(9-4-2-3-5-9)13(17)11-8-10(20(15,18)19)6-7-12(11)14/h6-9H,2-5H2,1H3,(H2,15,18,19). The van der Waals surface area contributed by atoms with Crippen molar-refractivity contribution in [3.63, 3.8) is 0 Å². The normalized spacial score (nSPS) is 16.4. The number of carbonyl (C=O) groups excluding carboxylic acids is 1. The van der Waals surface area contributed by atoms with E-state index in [1.54, 1.807) is 11.9 Å². The summed E-state index contributed by atoms with van der Waals surface area (Å²) >= 11 is 3.29. The zero-order chi connectivity index (χ0) is 14.9. The molecule has 1 aliphatic carbocycles. The lowest BCUT2D eigenvalue weighted by Gasteiger charge is -2.25. The number of rotatable bonds is 3. The molecule has 0 unspecified atom stereocenters. The summed E-state index contributed by atoms with van der Waals surface area (Å²) in [5, 5.41) is 5.11. The van der Waals surface area contributed by atoms with Gasteiger partial charge < -0.3 is 4.90 Å². The molecule has 0 spiro atoms. The lowest BCUT2D eigenvalue weighted by Crippen LogP contribution is -2.35. The second-order valence-corrected chi connectivity index (χ2v) is 7.46. The molecule has 2 N–H and O–H groups in total. The van der Waals surface area contributed by atoms with Crippen molar-refractivity contribution >= 4 is 31.9 Å². The van der Waals surface area contributed by atoms with Crippen molar-refractivity contribution in [1.29, 1.82) is 0 Å². The van der Waals surface area contributed by atoms with Crippen molar-refractivity contribution in [3.05, 3.63) is 28.2 Å². The molecule has 0 radical (unpaired) electrons. The van der Waals surface area contributed by atoms with Gasteiger partial charge in [0.15, 0.2) is 0 Å². The lowest BCUT2D eigenvalue weighted by atomic mass is 10.1. The van der Waals surface area contributed by atoms with Crippen molar-refractivity contribution in [2.75, 3.05) is 7.05 Å². The number of benzene rings is 1. The van der Waals surface area contributed by atoms with Crippen molar-refractivity contribution in [2.24, 2.45) is 5.14 Å². The second-order valence-electron chi connectivity index (χ2n) is 5.04. The smallest absolute Gasteiger partial charge is 0.255 e. The highest BCUT2D eigenvalue weighted by atomic mass is 79.9. The second kappa shape index (κ2) is 5.83. The Bertz CT molecular complexity index is 625. The van der Waals surface area contributed by atoms with Crippen LogP contribution in [0.15, 0.2) is 27.6 Å². The van der Waals surface area contributed by atoms with E-state index in [0.717, 1.165) is 25.7 Å². The monoisotopic (exact) mass is 360 g/mol. The minimum atomic E-state index is -3.81. The largest absolute Gasteiger partial charge is 0.339 e. The van der Waals surface area contributed by atoms with Crippen LogP contribution in [0.5, 0.6) is 0 Å². The molecule has 110 valence electrons. The third-order valence-electron chi connectivity index (χ3n) is 3.69. The van der Waals surface area contributed by atoms with E-state index in [4.69, 9.17) is 5.14 Å². The number of sulfonamides is 1. The minimum Gasteiger partial charge on any atom is -0.339 e. The van der Waals surface area contributed by atoms with E-state index >= 15 is 0 Å². The Labute approximate surface area is 127 Å². The average Bonchev–Trinajstić information content (AvgIpc) is 2.90. The van der Waals surface area contributed by atoms with Crippen LogP contribution < -0.4 is 5.14 Å². The molecule has 0 bridgehead atoms. The van der Waals surface area contributed by atoms with Gasteiger partial charge >= 0.3 is 0 Å². The predicted octanol–water partition coefficient (Wildman–Crippen LogP) is 2.11. The predicted molar refractivity (Wildman–Crippen MR) is 79.9 cm³/mol. The Morgan fingerprint density at radius 2 is 1.95 bits per heavy atom. The number of primary sulfonamides is 1. The molecular weight excluding hydrogens is 344 g/mol. The molecule has 1 saturated carbocycles. The summed E-state index contributed by atoms with van der Waals surface area (Å²) in [5.74, 6) is -0.186. The molecule has 0 saturated heterocycles. The van der Waals surface area contributed by atoms with Crippen LogP contribution in [0, 0.1) is 0 Å². The Kier molecular flexibility index (Phi) is 4.51. The maximum atomic E-state index is 12.5. The van der Waals surface area contributed by atoms with E-state index in [1.807, 2.05) is 0 Å². The molecule has 0 aromatic heterocycles. The van der Waals surface area contributed by atoms with Gasteiger partial charge in [0.25, 0.3) is 5.91 Å². The van der Waals surface area contributed by atoms with Gasteiger partial charge in [-0.3, -0.25) is 4.79 Å². The van der Waals surface area contributed by atoms with Crippen molar-refractivity contribution in [3.8, 4) is 0 Å². The maximum Gasteiger partial charge on any atom is 0.255 e. The van der Waals surface area contributed by atoms with Crippen LogP contribution in [0.4, 0.5) is 0 Å². The van der Waals surface area contributed by atoms with E-state index < -0.39 is 10.0 Å². The Morgan fingerprint density at radius 3 is 2.50 bits per heavy atom. The summed E-state index contributed by atoms with van der Waals surface area (Å²) in [7, 11) is -2.05. The molecule has 1 fully saturated rings. The van der Waals surface area contributed by atoms with Gasteiger partial charge in [-0.1, -0.05) is 12.8 Å². The number of carbonyl (C=O) groups is 1. The highest BCUT2D eigenvalue weighted by Crippen LogP contribution is 2.27. The summed E-state index contributed by atoms with van der Waals surface area (Å²) < 4.78 is 23.3. The van der Waals surface area contributed by atoms with Gasteiger partial charge in [-0.05, 0) is 47.0 Å².